The van der Waals surface area contributed by atoms with E-state index in [-0.39, 0.29) is 0 Å². The number of phenolic OH excluding ortho intramolecular Hbond substituents is 1. The van der Waals surface area contributed by atoms with Gasteiger partial charge in [-0.2, -0.15) is 0 Å². The van der Waals surface area contributed by atoms with Crippen molar-refractivity contribution in [3.63, 3.8) is 0 Å². The molecule has 1 heterocycles. The average Bonchev–Trinajstić information content (AvgIpc) is 2.44. The summed E-state index contributed by atoms with van der Waals surface area (Å²) < 4.78 is 0. The Hall–Kier alpha value is -1.02. The van der Waals surface area contributed by atoms with E-state index >= 15 is 0 Å². The third kappa shape index (κ3) is 3.73. The van der Waals surface area contributed by atoms with Crippen LogP contribution in [0, 0.1) is 5.92 Å². The standard InChI is InChI=1S/C17H27NO/c1-3-5-14-10-12-18(13-11-14)17(4-2)15-6-8-16(19)9-7-15/h6-9,14,17,19H,3-5,10-13H2,1-2H3. The second-order valence-corrected chi connectivity index (χ2v) is 5.78. The zero-order chi connectivity index (χ0) is 13.7. The number of benzene rings is 1. The van der Waals surface area contributed by atoms with Crippen molar-refractivity contribution < 1.29 is 5.11 Å². The van der Waals surface area contributed by atoms with Crippen LogP contribution in [0.5, 0.6) is 5.75 Å². The molecular weight excluding hydrogens is 234 g/mol. The van der Waals surface area contributed by atoms with Crippen molar-refractivity contribution in [2.75, 3.05) is 13.1 Å². The number of piperidine rings is 1. The molecule has 1 N–H and O–H groups in total. The number of nitrogens with zero attached hydrogens (tertiary/aromatic N) is 1. The van der Waals surface area contributed by atoms with E-state index in [1.54, 1.807) is 0 Å². The zero-order valence-electron chi connectivity index (χ0n) is 12.3. The van der Waals surface area contributed by atoms with Crippen LogP contribution in [0.3, 0.4) is 0 Å². The summed E-state index contributed by atoms with van der Waals surface area (Å²) in [5.41, 5.74) is 1.34. The molecule has 1 aromatic rings. The highest BCUT2D eigenvalue weighted by molar-refractivity contribution is 5.28. The molecule has 2 rings (SSSR count). The quantitative estimate of drug-likeness (QED) is 0.851. The minimum absolute atomic E-state index is 0.361. The van der Waals surface area contributed by atoms with Gasteiger partial charge in [0.15, 0.2) is 0 Å². The number of aromatic hydroxyl groups is 1. The number of phenols is 1. The summed E-state index contributed by atoms with van der Waals surface area (Å²) in [6.07, 6.45) is 6.55. The predicted molar refractivity (Wildman–Crippen MR) is 80.3 cm³/mol. The lowest BCUT2D eigenvalue weighted by Crippen LogP contribution is -2.36. The number of likely N-dealkylation sites (tertiary alicyclic amines) is 1. The molecule has 0 aliphatic carbocycles. The normalized spacial score (nSPS) is 19.5. The van der Waals surface area contributed by atoms with Crippen molar-refractivity contribution in [3.8, 4) is 5.75 Å². The average molecular weight is 261 g/mol. The molecule has 0 saturated carbocycles. The smallest absolute Gasteiger partial charge is 0.115 e. The second-order valence-electron chi connectivity index (χ2n) is 5.78. The molecule has 1 aliphatic heterocycles. The van der Waals surface area contributed by atoms with Crippen LogP contribution in [0.15, 0.2) is 24.3 Å². The minimum atomic E-state index is 0.361. The van der Waals surface area contributed by atoms with Gasteiger partial charge >= 0.3 is 0 Å². The first-order valence-electron chi connectivity index (χ1n) is 7.77. The van der Waals surface area contributed by atoms with Crippen LogP contribution in [-0.2, 0) is 0 Å². The zero-order valence-corrected chi connectivity index (χ0v) is 12.3. The van der Waals surface area contributed by atoms with Crippen LogP contribution in [0.1, 0.15) is 57.6 Å². The Labute approximate surface area is 117 Å². The SMILES string of the molecule is CCCC1CCN(C(CC)c2ccc(O)cc2)CC1. The lowest BCUT2D eigenvalue weighted by molar-refractivity contribution is 0.125. The summed E-state index contributed by atoms with van der Waals surface area (Å²) in [7, 11) is 0. The molecule has 106 valence electrons. The monoisotopic (exact) mass is 261 g/mol. The minimum Gasteiger partial charge on any atom is -0.508 e. The molecule has 0 bridgehead atoms. The van der Waals surface area contributed by atoms with Crippen LogP contribution in [0.4, 0.5) is 0 Å². The van der Waals surface area contributed by atoms with E-state index in [1.165, 1.54) is 44.3 Å². The Morgan fingerprint density at radius 1 is 1.16 bits per heavy atom. The third-order valence-electron chi connectivity index (χ3n) is 4.45. The van der Waals surface area contributed by atoms with Gasteiger partial charge in [0, 0.05) is 6.04 Å². The van der Waals surface area contributed by atoms with Gasteiger partial charge in [-0.05, 0) is 56.0 Å². The Kier molecular flexibility index (Phi) is 5.26. The van der Waals surface area contributed by atoms with Gasteiger partial charge in [0.1, 0.15) is 5.75 Å². The van der Waals surface area contributed by atoms with Gasteiger partial charge in [0.25, 0.3) is 0 Å². The van der Waals surface area contributed by atoms with E-state index in [0.717, 1.165) is 12.3 Å². The van der Waals surface area contributed by atoms with Gasteiger partial charge in [-0.15, -0.1) is 0 Å². The molecule has 1 aromatic carbocycles. The fourth-order valence-corrected chi connectivity index (χ4v) is 3.36. The Balaban J connectivity index is 1.97. The fourth-order valence-electron chi connectivity index (χ4n) is 3.36. The van der Waals surface area contributed by atoms with Crippen molar-refractivity contribution in [2.45, 2.75) is 52.0 Å². The van der Waals surface area contributed by atoms with Gasteiger partial charge in [-0.25, -0.2) is 0 Å². The van der Waals surface area contributed by atoms with Gasteiger partial charge < -0.3 is 5.11 Å². The summed E-state index contributed by atoms with van der Waals surface area (Å²) in [6.45, 7) is 7.00. The van der Waals surface area contributed by atoms with Gasteiger partial charge in [0.2, 0.25) is 0 Å². The molecule has 1 saturated heterocycles. The topological polar surface area (TPSA) is 23.5 Å². The fraction of sp³-hybridized carbons (Fsp3) is 0.647. The van der Waals surface area contributed by atoms with Gasteiger partial charge in [0.05, 0.1) is 0 Å². The Morgan fingerprint density at radius 3 is 2.32 bits per heavy atom. The first kappa shape index (κ1) is 14.4. The first-order valence-corrected chi connectivity index (χ1v) is 7.77. The molecule has 19 heavy (non-hydrogen) atoms. The molecule has 1 fully saturated rings. The lowest BCUT2D eigenvalue weighted by atomic mass is 9.90. The molecule has 0 aromatic heterocycles. The summed E-state index contributed by atoms with van der Waals surface area (Å²) in [4.78, 5) is 2.62. The maximum absolute atomic E-state index is 9.40. The van der Waals surface area contributed by atoms with Crippen molar-refractivity contribution in [3.05, 3.63) is 29.8 Å². The van der Waals surface area contributed by atoms with Crippen LogP contribution >= 0.6 is 0 Å². The molecule has 1 aliphatic rings. The van der Waals surface area contributed by atoms with Crippen molar-refractivity contribution in [2.24, 2.45) is 5.92 Å². The predicted octanol–water partition coefficient (Wildman–Crippen LogP) is 4.36. The number of rotatable bonds is 5. The molecule has 1 atom stereocenters. The van der Waals surface area contributed by atoms with E-state index in [9.17, 15) is 5.11 Å². The van der Waals surface area contributed by atoms with Crippen molar-refractivity contribution in [1.29, 1.82) is 0 Å². The second kappa shape index (κ2) is 6.95. The van der Waals surface area contributed by atoms with Gasteiger partial charge in [-0.3, -0.25) is 4.90 Å². The molecule has 0 amide bonds. The van der Waals surface area contributed by atoms with Crippen molar-refractivity contribution >= 4 is 0 Å². The molecule has 2 nitrogen and oxygen atoms in total. The van der Waals surface area contributed by atoms with E-state index in [2.05, 4.69) is 30.9 Å². The molecule has 0 spiro atoms. The Bertz CT molecular complexity index is 365. The summed E-state index contributed by atoms with van der Waals surface area (Å²) >= 11 is 0. The van der Waals surface area contributed by atoms with E-state index in [1.807, 2.05) is 12.1 Å². The van der Waals surface area contributed by atoms with Crippen molar-refractivity contribution in [1.82, 2.24) is 4.90 Å². The largest absolute Gasteiger partial charge is 0.508 e. The van der Waals surface area contributed by atoms with Crippen LogP contribution in [0.2, 0.25) is 0 Å². The van der Waals surface area contributed by atoms with E-state index < -0.39 is 0 Å². The van der Waals surface area contributed by atoms with E-state index in [4.69, 9.17) is 0 Å². The maximum Gasteiger partial charge on any atom is 0.115 e. The highest BCUT2D eigenvalue weighted by Crippen LogP contribution is 2.31. The third-order valence-corrected chi connectivity index (χ3v) is 4.45. The van der Waals surface area contributed by atoms with Gasteiger partial charge in [-0.1, -0.05) is 38.8 Å². The molecule has 0 radical (unpaired) electrons. The molecule has 2 heteroatoms. The van der Waals surface area contributed by atoms with Crippen LogP contribution in [0.25, 0.3) is 0 Å². The highest BCUT2D eigenvalue weighted by atomic mass is 16.3. The Morgan fingerprint density at radius 2 is 1.79 bits per heavy atom. The number of hydrogen-bond donors (Lipinski definition) is 1. The highest BCUT2D eigenvalue weighted by Gasteiger charge is 2.24. The molecule has 1 unspecified atom stereocenters. The summed E-state index contributed by atoms with van der Waals surface area (Å²) in [5.74, 6) is 1.30. The summed E-state index contributed by atoms with van der Waals surface area (Å²) in [5, 5.41) is 9.40. The number of hydrogen-bond acceptors (Lipinski definition) is 2. The maximum atomic E-state index is 9.40. The van der Waals surface area contributed by atoms with E-state index in [0.29, 0.717) is 11.8 Å². The van der Waals surface area contributed by atoms with Crippen LogP contribution in [-0.4, -0.2) is 23.1 Å². The van der Waals surface area contributed by atoms with Crippen LogP contribution < -0.4 is 0 Å². The lowest BCUT2D eigenvalue weighted by Gasteiger charge is -2.37. The first-order chi connectivity index (χ1) is 9.24. The summed E-state index contributed by atoms with van der Waals surface area (Å²) in [6, 6.07) is 8.27. The molecular formula is C17H27NO.